The van der Waals surface area contributed by atoms with Gasteiger partial charge in [0, 0.05) is 29.5 Å². The molecular weight excluding hydrogens is 372 g/mol. The van der Waals surface area contributed by atoms with Crippen molar-refractivity contribution in [1.82, 2.24) is 15.1 Å². The first kappa shape index (κ1) is 19.1. The van der Waals surface area contributed by atoms with Crippen LogP contribution in [-0.4, -0.2) is 21.6 Å². The topological polar surface area (TPSA) is 76.0 Å². The Kier molecular flexibility index (Phi) is 6.00. The highest BCUT2D eigenvalue weighted by Gasteiger charge is 2.27. The SMILES string of the molecule is O=C(Cn1nc2c(c1NC(=O)C1CCCCC1)CSC2)NCc1ccccc1. The average molecular weight is 399 g/mol. The smallest absolute Gasteiger partial charge is 0.242 e. The van der Waals surface area contributed by atoms with Crippen LogP contribution in [0, 0.1) is 5.92 Å². The first-order valence-electron chi connectivity index (χ1n) is 9.98. The van der Waals surface area contributed by atoms with Crippen molar-refractivity contribution in [1.29, 1.82) is 0 Å². The van der Waals surface area contributed by atoms with Crippen molar-refractivity contribution in [2.75, 3.05) is 5.32 Å². The van der Waals surface area contributed by atoms with Crippen LogP contribution in [0.2, 0.25) is 0 Å². The van der Waals surface area contributed by atoms with Gasteiger partial charge in [-0.2, -0.15) is 16.9 Å². The summed E-state index contributed by atoms with van der Waals surface area (Å²) in [6.45, 7) is 0.602. The van der Waals surface area contributed by atoms with E-state index in [1.165, 1.54) is 6.42 Å². The largest absolute Gasteiger partial charge is 0.350 e. The lowest BCUT2D eigenvalue weighted by atomic mass is 9.88. The van der Waals surface area contributed by atoms with E-state index in [9.17, 15) is 9.59 Å². The van der Waals surface area contributed by atoms with Crippen LogP contribution in [0.1, 0.15) is 48.9 Å². The zero-order valence-electron chi connectivity index (χ0n) is 15.9. The molecule has 2 N–H and O–H groups in total. The predicted octanol–water partition coefficient (Wildman–Crippen LogP) is 3.47. The maximum absolute atomic E-state index is 12.8. The van der Waals surface area contributed by atoms with Crippen LogP contribution in [0.25, 0.3) is 0 Å². The number of fused-ring (bicyclic) bond motifs is 1. The molecule has 1 saturated carbocycles. The van der Waals surface area contributed by atoms with Crippen LogP contribution in [0.3, 0.4) is 0 Å². The molecule has 2 heterocycles. The molecule has 1 aromatic heterocycles. The fraction of sp³-hybridized carbons (Fsp3) is 0.476. The van der Waals surface area contributed by atoms with E-state index in [0.717, 1.165) is 54.0 Å². The minimum absolute atomic E-state index is 0.0743. The molecule has 2 aromatic rings. The van der Waals surface area contributed by atoms with Crippen LogP contribution in [0.4, 0.5) is 5.82 Å². The van der Waals surface area contributed by atoms with E-state index in [-0.39, 0.29) is 24.3 Å². The second-order valence-electron chi connectivity index (χ2n) is 7.51. The van der Waals surface area contributed by atoms with Gasteiger partial charge in [-0.15, -0.1) is 0 Å². The highest BCUT2D eigenvalue weighted by molar-refractivity contribution is 7.98. The molecule has 0 unspecified atom stereocenters. The second kappa shape index (κ2) is 8.82. The molecule has 7 heteroatoms. The van der Waals surface area contributed by atoms with Crippen LogP contribution in [-0.2, 0) is 34.2 Å². The molecule has 6 nitrogen and oxygen atoms in total. The molecule has 0 spiro atoms. The van der Waals surface area contributed by atoms with Gasteiger partial charge in [0.25, 0.3) is 0 Å². The van der Waals surface area contributed by atoms with Crippen molar-refractivity contribution in [3.8, 4) is 0 Å². The van der Waals surface area contributed by atoms with E-state index in [4.69, 9.17) is 0 Å². The van der Waals surface area contributed by atoms with Crippen molar-refractivity contribution in [3.05, 3.63) is 47.2 Å². The van der Waals surface area contributed by atoms with E-state index in [0.29, 0.717) is 12.4 Å². The van der Waals surface area contributed by atoms with E-state index in [1.54, 1.807) is 16.4 Å². The Morgan fingerprint density at radius 2 is 1.89 bits per heavy atom. The molecule has 0 bridgehead atoms. The molecule has 1 aliphatic heterocycles. The molecule has 0 saturated heterocycles. The van der Waals surface area contributed by atoms with Gasteiger partial charge < -0.3 is 10.6 Å². The van der Waals surface area contributed by atoms with Crippen LogP contribution < -0.4 is 10.6 Å². The summed E-state index contributed by atoms with van der Waals surface area (Å²) in [7, 11) is 0. The number of nitrogens with zero attached hydrogens (tertiary/aromatic N) is 2. The van der Waals surface area contributed by atoms with Gasteiger partial charge in [-0.3, -0.25) is 9.59 Å². The van der Waals surface area contributed by atoms with Gasteiger partial charge >= 0.3 is 0 Å². The van der Waals surface area contributed by atoms with Crippen molar-refractivity contribution < 1.29 is 9.59 Å². The number of hydrogen-bond acceptors (Lipinski definition) is 4. The van der Waals surface area contributed by atoms with Crippen molar-refractivity contribution in [2.45, 2.75) is 56.7 Å². The van der Waals surface area contributed by atoms with Gasteiger partial charge in [0.1, 0.15) is 12.4 Å². The minimum Gasteiger partial charge on any atom is -0.350 e. The molecule has 0 atom stereocenters. The molecule has 1 aromatic carbocycles. The number of benzene rings is 1. The fourth-order valence-corrected chi connectivity index (χ4v) is 4.93. The first-order chi connectivity index (χ1) is 13.7. The molecule has 28 heavy (non-hydrogen) atoms. The average Bonchev–Trinajstić information content (AvgIpc) is 3.30. The summed E-state index contributed by atoms with van der Waals surface area (Å²) >= 11 is 1.79. The normalized spacial score (nSPS) is 16.6. The van der Waals surface area contributed by atoms with Gasteiger partial charge in [-0.1, -0.05) is 49.6 Å². The predicted molar refractivity (Wildman–Crippen MR) is 111 cm³/mol. The molecule has 2 aliphatic rings. The third-order valence-corrected chi connectivity index (χ3v) is 6.43. The summed E-state index contributed by atoms with van der Waals surface area (Å²) in [4.78, 5) is 25.2. The maximum Gasteiger partial charge on any atom is 0.242 e. The zero-order valence-corrected chi connectivity index (χ0v) is 16.8. The number of carbonyl (C=O) groups excluding carboxylic acids is 2. The third kappa shape index (κ3) is 4.41. The Balaban J connectivity index is 1.43. The Hall–Kier alpha value is -2.28. The highest BCUT2D eigenvalue weighted by Crippen LogP contribution is 2.35. The summed E-state index contributed by atoms with van der Waals surface area (Å²) in [6.07, 6.45) is 5.36. The number of aromatic nitrogens is 2. The minimum atomic E-state index is -0.106. The lowest BCUT2D eigenvalue weighted by Gasteiger charge is -2.21. The van der Waals surface area contributed by atoms with Gasteiger partial charge in [0.05, 0.1) is 5.69 Å². The molecule has 4 rings (SSSR count). The van der Waals surface area contributed by atoms with Gasteiger partial charge in [-0.05, 0) is 18.4 Å². The first-order valence-corrected chi connectivity index (χ1v) is 11.1. The number of nitrogens with one attached hydrogen (secondary N) is 2. The Morgan fingerprint density at radius 3 is 2.68 bits per heavy atom. The van der Waals surface area contributed by atoms with Crippen molar-refractivity contribution >= 4 is 29.4 Å². The van der Waals surface area contributed by atoms with E-state index < -0.39 is 0 Å². The number of thioether (sulfide) groups is 1. The lowest BCUT2D eigenvalue weighted by molar-refractivity contribution is -0.122. The third-order valence-electron chi connectivity index (χ3n) is 5.46. The molecule has 1 aliphatic carbocycles. The molecular formula is C21H26N4O2S. The number of amides is 2. The molecule has 148 valence electrons. The van der Waals surface area contributed by atoms with Gasteiger partial charge in [0.2, 0.25) is 11.8 Å². The lowest BCUT2D eigenvalue weighted by Crippen LogP contribution is -2.30. The van der Waals surface area contributed by atoms with Gasteiger partial charge in [0.15, 0.2) is 0 Å². The summed E-state index contributed by atoms with van der Waals surface area (Å²) in [5.41, 5.74) is 3.12. The Morgan fingerprint density at radius 1 is 1.11 bits per heavy atom. The second-order valence-corrected chi connectivity index (χ2v) is 8.50. The standard InChI is InChI=1S/C21H26N4O2S/c26-19(22-11-15-7-3-1-4-8-15)12-25-20(17-13-28-14-18(17)24-25)23-21(27)16-9-5-2-6-10-16/h1,3-4,7-8,16H,2,5-6,9-14H2,(H,22,26)(H,23,27). The monoisotopic (exact) mass is 398 g/mol. The Bertz CT molecular complexity index is 844. The van der Waals surface area contributed by atoms with Gasteiger partial charge in [-0.25, -0.2) is 4.68 Å². The summed E-state index contributed by atoms with van der Waals surface area (Å²) in [6, 6.07) is 9.83. The quantitative estimate of drug-likeness (QED) is 0.781. The summed E-state index contributed by atoms with van der Waals surface area (Å²) < 4.78 is 1.67. The summed E-state index contributed by atoms with van der Waals surface area (Å²) in [5, 5.41) is 10.7. The fourth-order valence-electron chi connectivity index (χ4n) is 3.89. The number of carbonyl (C=O) groups is 2. The van der Waals surface area contributed by atoms with Crippen LogP contribution in [0.15, 0.2) is 30.3 Å². The van der Waals surface area contributed by atoms with Crippen molar-refractivity contribution in [2.24, 2.45) is 5.92 Å². The molecule has 0 radical (unpaired) electrons. The van der Waals surface area contributed by atoms with E-state index in [2.05, 4.69) is 15.7 Å². The van der Waals surface area contributed by atoms with E-state index >= 15 is 0 Å². The zero-order chi connectivity index (χ0) is 19.3. The van der Waals surface area contributed by atoms with E-state index in [1.807, 2.05) is 30.3 Å². The van der Waals surface area contributed by atoms with Crippen molar-refractivity contribution in [3.63, 3.8) is 0 Å². The maximum atomic E-state index is 12.8. The number of rotatable bonds is 6. The molecule has 1 fully saturated rings. The Labute approximate surface area is 169 Å². The van der Waals surface area contributed by atoms with Crippen LogP contribution in [0.5, 0.6) is 0 Å². The molecule has 2 amide bonds. The highest BCUT2D eigenvalue weighted by atomic mass is 32.2. The number of hydrogen-bond donors (Lipinski definition) is 2. The summed E-state index contributed by atoms with van der Waals surface area (Å²) in [5.74, 6) is 2.43. The number of anilines is 1. The van der Waals surface area contributed by atoms with Crippen LogP contribution >= 0.6 is 11.8 Å².